The number of nitrogens with zero attached hydrogens (tertiary/aromatic N) is 1. The van der Waals surface area contributed by atoms with Crippen molar-refractivity contribution in [2.75, 3.05) is 11.1 Å². The van der Waals surface area contributed by atoms with Crippen LogP contribution in [0.25, 0.3) is 10.9 Å². The van der Waals surface area contributed by atoms with Crippen LogP contribution in [0, 0.1) is 11.6 Å². The second-order valence-corrected chi connectivity index (χ2v) is 4.33. The SMILES string of the molecule is Nc1ccc(Nc2cccc(F)c2F)c2ncccc12. The first-order valence-electron chi connectivity index (χ1n) is 6.01. The molecule has 0 unspecified atom stereocenters. The predicted molar refractivity (Wildman–Crippen MR) is 75.8 cm³/mol. The van der Waals surface area contributed by atoms with Crippen molar-refractivity contribution < 1.29 is 8.78 Å². The highest BCUT2D eigenvalue weighted by Crippen LogP contribution is 2.29. The van der Waals surface area contributed by atoms with Gasteiger partial charge in [-0.3, -0.25) is 4.98 Å². The van der Waals surface area contributed by atoms with Crippen LogP contribution in [0.2, 0.25) is 0 Å². The van der Waals surface area contributed by atoms with Crippen LogP contribution in [0.1, 0.15) is 0 Å². The summed E-state index contributed by atoms with van der Waals surface area (Å²) < 4.78 is 26.9. The van der Waals surface area contributed by atoms with Gasteiger partial charge in [-0.05, 0) is 36.4 Å². The van der Waals surface area contributed by atoms with Crippen LogP contribution in [0.4, 0.5) is 25.8 Å². The molecule has 0 saturated carbocycles. The van der Waals surface area contributed by atoms with Crippen molar-refractivity contribution in [1.82, 2.24) is 4.98 Å². The number of halogens is 2. The molecule has 0 saturated heterocycles. The van der Waals surface area contributed by atoms with Crippen LogP contribution in [0.5, 0.6) is 0 Å². The molecule has 5 heteroatoms. The van der Waals surface area contributed by atoms with Gasteiger partial charge in [0.05, 0.1) is 16.9 Å². The highest BCUT2D eigenvalue weighted by molar-refractivity contribution is 5.99. The Bertz CT molecular complexity index is 787. The molecule has 0 bridgehead atoms. The van der Waals surface area contributed by atoms with E-state index >= 15 is 0 Å². The number of rotatable bonds is 2. The smallest absolute Gasteiger partial charge is 0.182 e. The third kappa shape index (κ3) is 2.03. The number of nitrogens with two attached hydrogens (primary N) is 1. The molecule has 1 aromatic heterocycles. The molecule has 0 aliphatic rings. The van der Waals surface area contributed by atoms with Gasteiger partial charge in [0.15, 0.2) is 11.6 Å². The maximum absolute atomic E-state index is 13.7. The molecule has 3 nitrogen and oxygen atoms in total. The third-order valence-corrected chi connectivity index (χ3v) is 3.02. The van der Waals surface area contributed by atoms with Crippen molar-refractivity contribution in [2.24, 2.45) is 0 Å². The fourth-order valence-corrected chi connectivity index (χ4v) is 2.04. The van der Waals surface area contributed by atoms with E-state index in [-0.39, 0.29) is 5.69 Å². The minimum Gasteiger partial charge on any atom is -0.398 e. The Kier molecular flexibility index (Phi) is 2.95. The van der Waals surface area contributed by atoms with Crippen molar-refractivity contribution in [1.29, 1.82) is 0 Å². The summed E-state index contributed by atoms with van der Waals surface area (Å²) in [6.45, 7) is 0. The lowest BCUT2D eigenvalue weighted by Gasteiger charge is -2.11. The van der Waals surface area contributed by atoms with Crippen LogP contribution < -0.4 is 11.1 Å². The zero-order valence-electron chi connectivity index (χ0n) is 10.4. The summed E-state index contributed by atoms with van der Waals surface area (Å²) in [5, 5.41) is 3.61. The molecule has 2 aromatic carbocycles. The standard InChI is InChI=1S/C15H11F2N3/c16-10-4-1-5-12(14(10)17)20-13-7-6-11(18)9-3-2-8-19-15(9)13/h1-8,20H,18H2. The minimum atomic E-state index is -0.923. The molecular formula is C15H11F2N3. The number of benzene rings is 2. The summed E-state index contributed by atoms with van der Waals surface area (Å²) in [6, 6.07) is 11.0. The Morgan fingerprint density at radius 1 is 0.950 bits per heavy atom. The van der Waals surface area contributed by atoms with Gasteiger partial charge in [-0.2, -0.15) is 0 Å². The van der Waals surface area contributed by atoms with Gasteiger partial charge in [0.25, 0.3) is 0 Å². The second-order valence-electron chi connectivity index (χ2n) is 4.33. The van der Waals surface area contributed by atoms with Gasteiger partial charge < -0.3 is 11.1 Å². The molecule has 0 aliphatic heterocycles. The number of pyridine rings is 1. The lowest BCUT2D eigenvalue weighted by molar-refractivity contribution is 0.512. The van der Waals surface area contributed by atoms with Gasteiger partial charge in [-0.1, -0.05) is 6.07 Å². The van der Waals surface area contributed by atoms with Crippen LogP contribution in [-0.2, 0) is 0 Å². The summed E-state index contributed by atoms with van der Waals surface area (Å²) in [6.07, 6.45) is 1.62. The molecule has 0 amide bonds. The van der Waals surface area contributed by atoms with Crippen LogP contribution in [-0.4, -0.2) is 4.98 Å². The van der Waals surface area contributed by atoms with Crippen molar-refractivity contribution in [3.8, 4) is 0 Å². The average molecular weight is 271 g/mol. The molecule has 3 N–H and O–H groups in total. The van der Waals surface area contributed by atoms with Gasteiger partial charge >= 0.3 is 0 Å². The summed E-state index contributed by atoms with van der Waals surface area (Å²) in [5.41, 5.74) is 7.69. The molecule has 20 heavy (non-hydrogen) atoms. The Morgan fingerprint density at radius 2 is 1.80 bits per heavy atom. The van der Waals surface area contributed by atoms with Crippen molar-refractivity contribution in [3.63, 3.8) is 0 Å². The van der Waals surface area contributed by atoms with E-state index in [2.05, 4.69) is 10.3 Å². The highest BCUT2D eigenvalue weighted by Gasteiger charge is 2.10. The first kappa shape index (κ1) is 12.3. The second kappa shape index (κ2) is 4.77. The molecular weight excluding hydrogens is 260 g/mol. The zero-order valence-corrected chi connectivity index (χ0v) is 10.4. The number of fused-ring (bicyclic) bond motifs is 1. The molecule has 0 atom stereocenters. The number of nitrogen functional groups attached to an aromatic ring is 1. The van der Waals surface area contributed by atoms with Gasteiger partial charge in [0.1, 0.15) is 0 Å². The molecule has 0 radical (unpaired) electrons. The van der Waals surface area contributed by atoms with E-state index in [0.29, 0.717) is 16.9 Å². The predicted octanol–water partition coefficient (Wildman–Crippen LogP) is 3.84. The highest BCUT2D eigenvalue weighted by atomic mass is 19.2. The van der Waals surface area contributed by atoms with Crippen molar-refractivity contribution in [3.05, 3.63) is 60.3 Å². The normalized spacial score (nSPS) is 10.7. The van der Waals surface area contributed by atoms with Crippen molar-refractivity contribution >= 4 is 28.0 Å². The Balaban J connectivity index is 2.12. The lowest BCUT2D eigenvalue weighted by atomic mass is 10.1. The summed E-state index contributed by atoms with van der Waals surface area (Å²) in [7, 11) is 0. The van der Waals surface area contributed by atoms with Crippen LogP contribution in [0.3, 0.4) is 0 Å². The van der Waals surface area contributed by atoms with Crippen LogP contribution in [0.15, 0.2) is 48.7 Å². The first-order valence-corrected chi connectivity index (χ1v) is 6.01. The van der Waals surface area contributed by atoms with Crippen LogP contribution >= 0.6 is 0 Å². The number of anilines is 3. The van der Waals surface area contributed by atoms with Gasteiger partial charge in [-0.25, -0.2) is 8.78 Å². The molecule has 0 spiro atoms. The van der Waals surface area contributed by atoms with Gasteiger partial charge in [-0.15, -0.1) is 0 Å². The number of hydrogen-bond acceptors (Lipinski definition) is 3. The quantitative estimate of drug-likeness (QED) is 0.696. The summed E-state index contributed by atoms with van der Waals surface area (Å²) in [5.74, 6) is -1.82. The topological polar surface area (TPSA) is 50.9 Å². The number of nitrogens with one attached hydrogen (secondary N) is 1. The Labute approximate surface area is 114 Å². The van der Waals surface area contributed by atoms with E-state index in [4.69, 9.17) is 5.73 Å². The van der Waals surface area contributed by atoms with E-state index < -0.39 is 11.6 Å². The van der Waals surface area contributed by atoms with E-state index in [1.807, 2.05) is 6.07 Å². The van der Waals surface area contributed by atoms with Crippen molar-refractivity contribution in [2.45, 2.75) is 0 Å². The summed E-state index contributed by atoms with van der Waals surface area (Å²) in [4.78, 5) is 4.23. The monoisotopic (exact) mass is 271 g/mol. The van der Waals surface area contributed by atoms with E-state index in [0.717, 1.165) is 11.5 Å². The van der Waals surface area contributed by atoms with E-state index in [1.165, 1.54) is 12.1 Å². The first-order chi connectivity index (χ1) is 9.66. The fourth-order valence-electron chi connectivity index (χ4n) is 2.04. The number of aromatic nitrogens is 1. The van der Waals surface area contributed by atoms with Gasteiger partial charge in [0.2, 0.25) is 0 Å². The zero-order chi connectivity index (χ0) is 14.1. The Morgan fingerprint density at radius 3 is 2.65 bits per heavy atom. The van der Waals surface area contributed by atoms with Gasteiger partial charge in [0, 0.05) is 17.3 Å². The summed E-state index contributed by atoms with van der Waals surface area (Å²) >= 11 is 0. The maximum Gasteiger partial charge on any atom is 0.182 e. The maximum atomic E-state index is 13.7. The van der Waals surface area contributed by atoms with E-state index in [9.17, 15) is 8.78 Å². The van der Waals surface area contributed by atoms with E-state index in [1.54, 1.807) is 24.4 Å². The third-order valence-electron chi connectivity index (χ3n) is 3.02. The average Bonchev–Trinajstić information content (AvgIpc) is 2.47. The molecule has 0 fully saturated rings. The minimum absolute atomic E-state index is 0.0572. The molecule has 3 rings (SSSR count). The molecule has 100 valence electrons. The Hall–Kier alpha value is -2.69. The molecule has 3 aromatic rings. The largest absolute Gasteiger partial charge is 0.398 e. The lowest BCUT2D eigenvalue weighted by Crippen LogP contribution is -1.98. The number of hydrogen-bond donors (Lipinski definition) is 2. The fraction of sp³-hybridized carbons (Fsp3) is 0. The molecule has 0 aliphatic carbocycles. The molecule has 1 heterocycles.